The molecular formula is C88H102I2N10O13S2. The van der Waals surface area contributed by atoms with Gasteiger partial charge in [-0.2, -0.15) is 12.6 Å². The van der Waals surface area contributed by atoms with Crippen molar-refractivity contribution in [2.75, 3.05) is 53.2 Å². The van der Waals surface area contributed by atoms with E-state index in [2.05, 4.69) is 104 Å². The van der Waals surface area contributed by atoms with E-state index in [-0.39, 0.29) is 84.1 Å². The molecule has 23 nitrogen and oxygen atoms in total. The summed E-state index contributed by atoms with van der Waals surface area (Å²) in [6, 6.07) is 23.0. The van der Waals surface area contributed by atoms with Crippen LogP contribution in [0.3, 0.4) is 0 Å². The Bertz CT molecular complexity index is 4740. The third-order valence-corrected chi connectivity index (χ3v) is 26.6. The number of urea groups is 1. The summed E-state index contributed by atoms with van der Waals surface area (Å²) in [6.07, 6.45) is 22.4. The van der Waals surface area contributed by atoms with Gasteiger partial charge in [0.15, 0.2) is 22.1 Å². The van der Waals surface area contributed by atoms with Gasteiger partial charge in [-0.05, 0) is 244 Å². The molecule has 8 saturated carbocycles. The van der Waals surface area contributed by atoms with Crippen LogP contribution in [-0.4, -0.2) is 156 Å². The number of amides is 6. The molecule has 608 valence electrons. The zero-order valence-electron chi connectivity index (χ0n) is 66.2. The lowest BCUT2D eigenvalue weighted by Gasteiger charge is -2.44. The monoisotopic (exact) mass is 1820 g/mol. The van der Waals surface area contributed by atoms with Crippen LogP contribution in [0.2, 0.25) is 0 Å². The maximum absolute atomic E-state index is 13.7. The molecule has 6 amide bonds. The molecule has 4 atom stereocenters. The summed E-state index contributed by atoms with van der Waals surface area (Å²) in [4.78, 5) is 80.4. The van der Waals surface area contributed by atoms with Gasteiger partial charge in [0, 0.05) is 116 Å². The van der Waals surface area contributed by atoms with Crippen LogP contribution in [0.15, 0.2) is 82.8 Å². The van der Waals surface area contributed by atoms with Gasteiger partial charge < -0.3 is 70.6 Å². The standard InChI is InChI=1S/C23H26N2O3S.C22H25N3O3.C21H22N2O4.C21H22N2O3S.CH3I.HI.H3N/c1-25-20(14-29)24-23(21(25)26)18-13-16(6-5-15-3-4-15)7-8-19(18)28-22(23)11-9-17(27-2)10-12-22;1-25-19(26)22(24-20(25)23)17-13-15(6-5-14-3-4-14)7-8-18(17)28-21(22)11-9-16(27-2)10-12-21;1-26-15-8-10-20(11-9-15)21(18(24)22-19(25)23-21)16-12-14(5-4-13-2-3-13)6-7-17(16)27-20;1-25-15-8-10-20(11-9-15)21(18(24)22-19(27)23-21)16-12-14(5-4-13-2-3-13)6-7-17(16)26-20;1-2;;/h7-8,13,15,17,29H,3-4,9-12,14H2,1-2H3;7-8,13-14,16H,3-4,9-12H2,1-2H3,(H2,23,24);6-7,12-13,15H,2-3,8-11H2,1H3,(H2,22,23,24,25);6-7,12-13,15H,2-3,8-11H2,1H3,(H2,22,23,24,27);1H3;1H;1H3. The molecule has 8 spiro atoms. The summed E-state index contributed by atoms with van der Waals surface area (Å²) in [5.41, 5.74) is 5.69. The summed E-state index contributed by atoms with van der Waals surface area (Å²) >= 11 is 11.9. The van der Waals surface area contributed by atoms with Crippen molar-refractivity contribution in [3.05, 3.63) is 117 Å². The number of imide groups is 1. The minimum atomic E-state index is -1.20. The molecule has 115 heavy (non-hydrogen) atoms. The lowest BCUT2D eigenvalue weighted by Crippen LogP contribution is -2.62. The van der Waals surface area contributed by atoms with E-state index in [1.807, 2.05) is 77.7 Å². The zero-order chi connectivity index (χ0) is 79.0. The molecule has 4 aromatic rings. The molecule has 8 aliphatic heterocycles. The van der Waals surface area contributed by atoms with Gasteiger partial charge in [0.05, 0.1) is 24.4 Å². The Morgan fingerprint density at radius 2 is 0.774 bits per heavy atom. The first-order valence-corrected chi connectivity index (χ1v) is 43.1. The number of thiocarbonyl (C=S) groups is 1. The number of aliphatic imine (C=N–C) groups is 2. The van der Waals surface area contributed by atoms with E-state index in [4.69, 9.17) is 65.8 Å². The first-order valence-electron chi connectivity index (χ1n) is 39.9. The van der Waals surface area contributed by atoms with Crippen LogP contribution in [0.4, 0.5) is 4.79 Å². The van der Waals surface area contributed by atoms with Crippen LogP contribution in [0.5, 0.6) is 23.0 Å². The van der Waals surface area contributed by atoms with Crippen molar-refractivity contribution in [2.45, 2.75) is 223 Å². The largest absolute Gasteiger partial charge is 0.483 e. The third kappa shape index (κ3) is 14.5. The Kier molecular flexibility index (Phi) is 24.0. The molecule has 0 aromatic heterocycles. The van der Waals surface area contributed by atoms with Gasteiger partial charge in [0.2, 0.25) is 11.1 Å². The van der Waals surface area contributed by atoms with Crippen LogP contribution in [0, 0.1) is 71.0 Å². The average molecular weight is 1830 g/mol. The van der Waals surface area contributed by atoms with Crippen molar-refractivity contribution in [3.63, 3.8) is 0 Å². The first-order chi connectivity index (χ1) is 54.6. The number of nitrogens with one attached hydrogen (secondary N) is 4. The second kappa shape index (κ2) is 32.9. The highest BCUT2D eigenvalue weighted by molar-refractivity contribution is 14.1. The minimum Gasteiger partial charge on any atom is -0.483 e. The number of guanidine groups is 1. The number of thiol groups is 1. The molecule has 4 aromatic carbocycles. The molecule has 0 bridgehead atoms. The predicted octanol–water partition coefficient (Wildman–Crippen LogP) is 11.7. The highest BCUT2D eigenvalue weighted by Crippen LogP contribution is 2.62. The Morgan fingerprint density at radius 1 is 0.470 bits per heavy atom. The molecule has 2 saturated heterocycles. The number of benzene rings is 4. The molecule has 16 aliphatic rings. The smallest absolute Gasteiger partial charge is 0.322 e. The van der Waals surface area contributed by atoms with Gasteiger partial charge in [0.1, 0.15) is 51.2 Å². The van der Waals surface area contributed by atoms with Crippen molar-refractivity contribution in [3.8, 4) is 70.4 Å². The summed E-state index contributed by atoms with van der Waals surface area (Å²) in [5, 5.41) is 11.8. The van der Waals surface area contributed by atoms with Crippen LogP contribution in [0.25, 0.3) is 0 Å². The number of fused-ring (bicyclic) bond motifs is 12. The molecule has 10 fully saturated rings. The molecule has 4 unspecified atom stereocenters. The van der Waals surface area contributed by atoms with Gasteiger partial charge in [-0.25, -0.2) is 14.8 Å². The van der Waals surface area contributed by atoms with Gasteiger partial charge in [-0.15, -0.1) is 24.0 Å². The average Bonchev–Trinajstić information content (AvgIpc) is 1.54. The van der Waals surface area contributed by atoms with Crippen LogP contribution < -0.4 is 52.1 Å². The number of methoxy groups -OCH3 is 4. The number of alkyl halides is 1. The second-order valence-electron chi connectivity index (χ2n) is 32.8. The summed E-state index contributed by atoms with van der Waals surface area (Å²) < 4.78 is 48.1. The topological polar surface area (TPSA) is 300 Å². The fourth-order valence-corrected chi connectivity index (χ4v) is 19.6. The van der Waals surface area contributed by atoms with E-state index >= 15 is 0 Å². The maximum Gasteiger partial charge on any atom is 0.322 e. The van der Waals surface area contributed by atoms with E-state index in [0.717, 1.165) is 140 Å². The van der Waals surface area contributed by atoms with Crippen molar-refractivity contribution < 1.29 is 61.9 Å². The number of nitrogens with zero attached hydrogens (tertiary/aromatic N) is 4. The van der Waals surface area contributed by atoms with Gasteiger partial charge in [0.25, 0.3) is 23.6 Å². The number of hydrogen-bond donors (Lipinski definition) is 7. The first kappa shape index (κ1) is 83.8. The molecule has 27 heteroatoms. The number of ether oxygens (including phenoxy) is 8. The van der Waals surface area contributed by atoms with Crippen molar-refractivity contribution in [1.29, 1.82) is 0 Å². The fourth-order valence-electron chi connectivity index (χ4n) is 19.1. The Hall–Kier alpha value is -7.69. The number of carbonyl (C=O) groups is 5. The lowest BCUT2D eigenvalue weighted by molar-refractivity contribution is -0.141. The van der Waals surface area contributed by atoms with Crippen LogP contribution in [0.1, 0.15) is 199 Å². The summed E-state index contributed by atoms with van der Waals surface area (Å²) in [5.74, 6) is 31.8. The molecule has 0 radical (unpaired) electrons. The second-order valence-corrected chi connectivity index (χ2v) is 33.5. The number of likely N-dealkylation sites (N-methyl/N-ethyl adjacent to an activating group) is 2. The number of hydrogen-bond acceptors (Lipinski definition) is 19. The quantitative estimate of drug-likeness (QED) is 0.0244. The van der Waals surface area contributed by atoms with Crippen molar-refractivity contribution >= 4 is 118 Å². The van der Waals surface area contributed by atoms with E-state index in [1.165, 1.54) is 43.4 Å². The molecule has 8 heterocycles. The number of carbonyl (C=O) groups excluding carboxylic acids is 5. The molecule has 20 rings (SSSR count). The number of rotatable bonds is 5. The lowest BCUT2D eigenvalue weighted by atomic mass is 9.68. The van der Waals surface area contributed by atoms with Crippen molar-refractivity contribution in [1.82, 2.24) is 37.2 Å². The number of amidine groups is 1. The maximum atomic E-state index is 13.7. The zero-order valence-corrected chi connectivity index (χ0v) is 72.4. The Balaban J connectivity index is 0.000000125. The normalized spacial score (nSPS) is 32.4. The van der Waals surface area contributed by atoms with E-state index in [0.29, 0.717) is 83.1 Å². The number of nitrogens with two attached hydrogens (primary N) is 1. The van der Waals surface area contributed by atoms with Crippen LogP contribution in [-0.2, 0) is 60.3 Å². The Labute approximate surface area is 715 Å². The van der Waals surface area contributed by atoms with E-state index in [1.54, 1.807) is 47.4 Å². The van der Waals surface area contributed by atoms with Gasteiger partial charge in [-0.1, -0.05) is 70.0 Å². The van der Waals surface area contributed by atoms with Crippen molar-refractivity contribution in [2.24, 2.45) is 39.4 Å². The molecular weight excluding hydrogens is 1720 g/mol. The summed E-state index contributed by atoms with van der Waals surface area (Å²) in [7, 11) is 10.4. The molecule has 8 aliphatic carbocycles. The predicted molar refractivity (Wildman–Crippen MR) is 461 cm³/mol. The van der Waals surface area contributed by atoms with Gasteiger partial charge in [-0.3, -0.25) is 29.4 Å². The third-order valence-electron chi connectivity index (χ3n) is 26.1. The molecule has 9 N–H and O–H groups in total. The highest BCUT2D eigenvalue weighted by atomic mass is 127. The van der Waals surface area contributed by atoms with Crippen LogP contribution >= 0.6 is 71.4 Å². The Morgan fingerprint density at radius 3 is 1.06 bits per heavy atom. The van der Waals surface area contributed by atoms with Gasteiger partial charge >= 0.3 is 6.03 Å². The SMILES string of the molecule is CI.COC1CCC2(CC1)Oc1ccc(C#CC3CC3)cc1C21N=C(CS)N(C)C1=O.COC1CCC2(CC1)Oc1ccc(C#CC3CC3)cc1C21N=C(N)N(C)C1=O.COC1CCC2(CC1)Oc1ccc(C#CC3CC3)cc1C21NC(=O)NC1=O.COC1CCC2(CC1)Oc1ccc(C#CC3CC3)cc1C21NC(=S)NC1=O.I.N. The van der Waals surface area contributed by atoms with E-state index < -0.39 is 50.6 Å². The highest BCUT2D eigenvalue weighted by Gasteiger charge is 2.73. The minimum absolute atomic E-state index is 0. The van der Waals surface area contributed by atoms with E-state index in [9.17, 15) is 24.0 Å². The fraction of sp³-hybridized carbons (Fsp3) is 0.545. The summed E-state index contributed by atoms with van der Waals surface area (Å²) in [6.45, 7) is 0. The number of halogens is 2.